The molecule has 4 nitrogen and oxygen atoms in total. The number of nitrogens with zero attached hydrogens (tertiary/aromatic N) is 1. The van der Waals surface area contributed by atoms with E-state index in [1.807, 2.05) is 0 Å². The molecule has 0 aromatic heterocycles. The Hall–Kier alpha value is 0.347. The average molecular weight is 244 g/mol. The lowest BCUT2D eigenvalue weighted by atomic mass is 10.5. The molecule has 0 bridgehead atoms. The van der Waals surface area contributed by atoms with Gasteiger partial charge in [0.15, 0.2) is 0 Å². The maximum absolute atomic E-state index is 5.29. The lowest BCUT2D eigenvalue weighted by Gasteiger charge is -2.24. The largest absolute Gasteiger partial charge is 0.500 e. The SMILES string of the molecule is CO[Si](CCCN(C)C)(OC)OC.Cl. The normalized spacial score (nSPS) is 11.6. The molecule has 0 aromatic rings. The summed E-state index contributed by atoms with van der Waals surface area (Å²) in [6.45, 7) is 1.03. The van der Waals surface area contributed by atoms with Gasteiger partial charge in [0.25, 0.3) is 0 Å². The van der Waals surface area contributed by atoms with Gasteiger partial charge in [0.2, 0.25) is 0 Å². The van der Waals surface area contributed by atoms with Crippen LogP contribution >= 0.6 is 12.4 Å². The van der Waals surface area contributed by atoms with Crippen LogP contribution in [0.1, 0.15) is 6.42 Å². The molecule has 6 heteroatoms. The van der Waals surface area contributed by atoms with Crippen molar-refractivity contribution in [3.05, 3.63) is 0 Å². The average Bonchev–Trinajstić information content (AvgIpc) is 2.13. The minimum atomic E-state index is -2.31. The van der Waals surface area contributed by atoms with Gasteiger partial charge in [-0.25, -0.2) is 0 Å². The summed E-state index contributed by atoms with van der Waals surface area (Å²) < 4.78 is 15.9. The first-order valence-corrected chi connectivity index (χ1v) is 6.33. The molecule has 0 aliphatic heterocycles. The van der Waals surface area contributed by atoms with E-state index >= 15 is 0 Å². The zero-order valence-corrected chi connectivity index (χ0v) is 11.5. The molecular formula is C8H22ClNO3Si. The van der Waals surface area contributed by atoms with Crippen molar-refractivity contribution in [2.45, 2.75) is 12.5 Å². The Balaban J connectivity index is 0. The van der Waals surface area contributed by atoms with Gasteiger partial charge in [-0.15, -0.1) is 12.4 Å². The van der Waals surface area contributed by atoms with Gasteiger partial charge in [-0.05, 0) is 27.1 Å². The summed E-state index contributed by atoms with van der Waals surface area (Å²) in [7, 11) is 6.73. The van der Waals surface area contributed by atoms with Gasteiger partial charge in [0.05, 0.1) is 0 Å². The summed E-state index contributed by atoms with van der Waals surface area (Å²) >= 11 is 0. The minimum Gasteiger partial charge on any atom is -0.377 e. The summed E-state index contributed by atoms with van der Waals surface area (Å²) in [6.07, 6.45) is 1.04. The van der Waals surface area contributed by atoms with Crippen molar-refractivity contribution >= 4 is 21.2 Å². The Kier molecular flexibility index (Phi) is 10.3. The van der Waals surface area contributed by atoms with Gasteiger partial charge >= 0.3 is 8.80 Å². The molecule has 0 amide bonds. The highest BCUT2D eigenvalue weighted by atomic mass is 35.5. The van der Waals surface area contributed by atoms with E-state index in [9.17, 15) is 0 Å². The molecular weight excluding hydrogens is 222 g/mol. The number of rotatable bonds is 7. The Labute approximate surface area is 94.3 Å². The molecule has 0 aromatic carbocycles. The first-order valence-electron chi connectivity index (χ1n) is 4.40. The van der Waals surface area contributed by atoms with E-state index < -0.39 is 8.80 Å². The van der Waals surface area contributed by atoms with Crippen molar-refractivity contribution < 1.29 is 13.3 Å². The Morgan fingerprint density at radius 1 is 1.00 bits per heavy atom. The summed E-state index contributed by atoms with van der Waals surface area (Å²) in [4.78, 5) is 2.14. The van der Waals surface area contributed by atoms with E-state index in [2.05, 4.69) is 19.0 Å². The molecule has 0 aliphatic rings. The highest BCUT2D eigenvalue weighted by molar-refractivity contribution is 6.60. The fourth-order valence-electron chi connectivity index (χ4n) is 1.17. The molecule has 0 atom stereocenters. The van der Waals surface area contributed by atoms with Crippen molar-refractivity contribution in [2.75, 3.05) is 42.0 Å². The predicted molar refractivity (Wildman–Crippen MR) is 62.0 cm³/mol. The maximum atomic E-state index is 5.29. The van der Waals surface area contributed by atoms with E-state index in [0.29, 0.717) is 0 Å². The minimum absolute atomic E-state index is 0. The van der Waals surface area contributed by atoms with Crippen LogP contribution in [0.25, 0.3) is 0 Å². The first kappa shape index (κ1) is 16.8. The molecule has 0 radical (unpaired) electrons. The second kappa shape index (κ2) is 8.64. The van der Waals surface area contributed by atoms with Gasteiger partial charge in [-0.3, -0.25) is 0 Å². The third-order valence-corrected chi connectivity index (χ3v) is 4.85. The fourth-order valence-corrected chi connectivity index (χ4v) is 2.87. The summed E-state index contributed by atoms with van der Waals surface area (Å²) in [5.41, 5.74) is 0. The van der Waals surface area contributed by atoms with E-state index in [1.54, 1.807) is 21.3 Å². The van der Waals surface area contributed by atoms with E-state index in [4.69, 9.17) is 13.3 Å². The predicted octanol–water partition coefficient (Wildman–Crippen LogP) is 1.24. The Bertz CT molecular complexity index is 125. The second-order valence-corrected chi connectivity index (χ2v) is 6.29. The van der Waals surface area contributed by atoms with Gasteiger partial charge in [-0.1, -0.05) is 0 Å². The molecule has 0 unspecified atom stereocenters. The molecule has 0 fully saturated rings. The van der Waals surface area contributed by atoms with E-state index in [0.717, 1.165) is 19.0 Å². The van der Waals surface area contributed by atoms with Gasteiger partial charge in [-0.2, -0.15) is 0 Å². The molecule has 0 aliphatic carbocycles. The van der Waals surface area contributed by atoms with Crippen molar-refractivity contribution in [2.24, 2.45) is 0 Å². The van der Waals surface area contributed by atoms with Gasteiger partial charge in [0.1, 0.15) is 0 Å². The van der Waals surface area contributed by atoms with Crippen LogP contribution in [0.15, 0.2) is 0 Å². The summed E-state index contributed by atoms with van der Waals surface area (Å²) in [5, 5.41) is 0. The van der Waals surface area contributed by atoms with E-state index in [1.165, 1.54) is 0 Å². The highest BCUT2D eigenvalue weighted by Crippen LogP contribution is 2.14. The zero-order chi connectivity index (χ0) is 10.3. The van der Waals surface area contributed by atoms with Crippen LogP contribution in [-0.2, 0) is 13.3 Å². The van der Waals surface area contributed by atoms with Crippen LogP contribution in [0.2, 0.25) is 6.04 Å². The monoisotopic (exact) mass is 243 g/mol. The quantitative estimate of drug-likeness (QED) is 0.630. The summed E-state index contributed by atoms with van der Waals surface area (Å²) in [6, 6.07) is 0.870. The molecule has 0 N–H and O–H groups in total. The third kappa shape index (κ3) is 5.95. The molecule has 0 saturated heterocycles. The topological polar surface area (TPSA) is 30.9 Å². The standard InChI is InChI=1S/C8H21NO3Si.ClH/c1-9(2)7-6-8-13(10-3,11-4)12-5;/h6-8H2,1-5H3;1H. The highest BCUT2D eigenvalue weighted by Gasteiger charge is 2.36. The van der Waals surface area contributed by atoms with Crippen molar-refractivity contribution in [3.63, 3.8) is 0 Å². The van der Waals surface area contributed by atoms with E-state index in [-0.39, 0.29) is 12.4 Å². The number of hydrogen-bond acceptors (Lipinski definition) is 4. The van der Waals surface area contributed by atoms with Gasteiger partial charge < -0.3 is 18.2 Å². The van der Waals surface area contributed by atoms with Crippen molar-refractivity contribution in [1.82, 2.24) is 4.90 Å². The van der Waals surface area contributed by atoms with Gasteiger partial charge in [0, 0.05) is 27.4 Å². The fraction of sp³-hybridized carbons (Fsp3) is 1.00. The smallest absolute Gasteiger partial charge is 0.377 e. The Morgan fingerprint density at radius 3 is 1.71 bits per heavy atom. The number of hydrogen-bond donors (Lipinski definition) is 0. The zero-order valence-electron chi connectivity index (χ0n) is 9.70. The third-order valence-electron chi connectivity index (χ3n) is 2.02. The Morgan fingerprint density at radius 2 is 1.43 bits per heavy atom. The molecule has 0 heterocycles. The molecule has 0 spiro atoms. The first-order chi connectivity index (χ1) is 6.10. The van der Waals surface area contributed by atoms with Crippen LogP contribution in [0.4, 0.5) is 0 Å². The number of halogens is 1. The second-order valence-electron chi connectivity index (χ2n) is 3.20. The van der Waals surface area contributed by atoms with Crippen molar-refractivity contribution in [1.29, 1.82) is 0 Å². The summed E-state index contributed by atoms with van der Waals surface area (Å²) in [5.74, 6) is 0. The van der Waals surface area contributed by atoms with Crippen LogP contribution in [0.5, 0.6) is 0 Å². The van der Waals surface area contributed by atoms with Crippen LogP contribution in [0.3, 0.4) is 0 Å². The maximum Gasteiger partial charge on any atom is 0.500 e. The van der Waals surface area contributed by atoms with Crippen LogP contribution in [-0.4, -0.2) is 55.7 Å². The molecule has 0 rings (SSSR count). The molecule has 14 heavy (non-hydrogen) atoms. The molecule has 88 valence electrons. The van der Waals surface area contributed by atoms with Crippen LogP contribution in [0, 0.1) is 0 Å². The lowest BCUT2D eigenvalue weighted by molar-refractivity contribution is 0.122. The van der Waals surface area contributed by atoms with Crippen molar-refractivity contribution in [3.8, 4) is 0 Å². The van der Waals surface area contributed by atoms with Crippen LogP contribution < -0.4 is 0 Å². The lowest BCUT2D eigenvalue weighted by Crippen LogP contribution is -2.43. The molecule has 0 saturated carbocycles.